The average Bonchev–Trinajstić information content (AvgIpc) is 2.64. The van der Waals surface area contributed by atoms with Crippen LogP contribution < -0.4 is 4.90 Å². The second kappa shape index (κ2) is 8.08. The summed E-state index contributed by atoms with van der Waals surface area (Å²) >= 11 is 0. The van der Waals surface area contributed by atoms with Crippen LogP contribution in [-0.4, -0.2) is 43.1 Å². The molecule has 4 nitrogen and oxygen atoms in total. The normalized spacial score (nSPS) is 19.9. The number of ether oxygens (including phenoxy) is 1. The minimum Gasteiger partial charge on any atom is -0.366 e. The van der Waals surface area contributed by atoms with E-state index < -0.39 is 6.23 Å². The van der Waals surface area contributed by atoms with Crippen molar-refractivity contribution in [1.29, 1.82) is 0 Å². The lowest BCUT2D eigenvalue weighted by molar-refractivity contribution is -0.134. The first-order valence-electron chi connectivity index (χ1n) is 8.44. The van der Waals surface area contributed by atoms with Gasteiger partial charge in [0.2, 0.25) is 0 Å². The van der Waals surface area contributed by atoms with E-state index in [1.807, 2.05) is 36.4 Å². The lowest BCUT2D eigenvalue weighted by Gasteiger charge is -2.42. The Balaban J connectivity index is 1.58. The van der Waals surface area contributed by atoms with Gasteiger partial charge in [-0.2, -0.15) is 0 Å². The number of rotatable bonds is 6. The van der Waals surface area contributed by atoms with E-state index in [2.05, 4.69) is 41.0 Å². The van der Waals surface area contributed by atoms with Crippen molar-refractivity contribution in [1.82, 2.24) is 4.90 Å². The molecule has 2 unspecified atom stereocenters. The molecule has 0 bridgehead atoms. The number of para-hydroxylation sites is 1. The molecule has 24 heavy (non-hydrogen) atoms. The Labute approximate surface area is 143 Å². The summed E-state index contributed by atoms with van der Waals surface area (Å²) in [7, 11) is 0. The molecule has 2 aromatic carbocycles. The minimum atomic E-state index is -0.481. The predicted molar refractivity (Wildman–Crippen MR) is 95.9 cm³/mol. The van der Waals surface area contributed by atoms with Crippen LogP contribution in [0.3, 0.4) is 0 Å². The number of carbonyl (C=O) groups is 1. The summed E-state index contributed by atoms with van der Waals surface area (Å²) in [5.74, 6) is 0. The molecular formula is C20H24N2O2. The molecule has 1 fully saturated rings. The SMILES string of the molecule is CC1CN(C(C=O)OCc2ccccc2)CCN1c1ccccc1. The van der Waals surface area contributed by atoms with Gasteiger partial charge in [0.05, 0.1) is 6.61 Å². The Morgan fingerprint density at radius 2 is 1.75 bits per heavy atom. The lowest BCUT2D eigenvalue weighted by atomic mass is 10.1. The predicted octanol–water partition coefficient (Wildman–Crippen LogP) is 2.94. The first kappa shape index (κ1) is 16.7. The maximum absolute atomic E-state index is 11.5. The number of aldehydes is 1. The second-order valence-electron chi connectivity index (χ2n) is 6.20. The molecule has 126 valence electrons. The topological polar surface area (TPSA) is 32.8 Å². The van der Waals surface area contributed by atoms with E-state index in [0.717, 1.165) is 31.5 Å². The van der Waals surface area contributed by atoms with Crippen LogP contribution in [0.1, 0.15) is 12.5 Å². The van der Waals surface area contributed by atoms with E-state index in [1.165, 1.54) is 5.69 Å². The number of carbonyl (C=O) groups excluding carboxylic acids is 1. The Kier molecular flexibility index (Phi) is 5.62. The van der Waals surface area contributed by atoms with Crippen LogP contribution >= 0.6 is 0 Å². The van der Waals surface area contributed by atoms with Crippen molar-refractivity contribution in [3.8, 4) is 0 Å². The number of hydrogen-bond acceptors (Lipinski definition) is 4. The largest absolute Gasteiger partial charge is 0.366 e. The minimum absolute atomic E-state index is 0.337. The van der Waals surface area contributed by atoms with Gasteiger partial charge in [0.15, 0.2) is 12.5 Å². The lowest BCUT2D eigenvalue weighted by Crippen LogP contribution is -2.56. The molecule has 0 radical (unpaired) electrons. The third-order valence-corrected chi connectivity index (χ3v) is 4.49. The van der Waals surface area contributed by atoms with Crippen molar-refractivity contribution >= 4 is 12.0 Å². The van der Waals surface area contributed by atoms with Crippen LogP contribution in [0, 0.1) is 0 Å². The van der Waals surface area contributed by atoms with Crippen LogP contribution in [0.4, 0.5) is 5.69 Å². The molecular weight excluding hydrogens is 300 g/mol. The highest BCUT2D eigenvalue weighted by Crippen LogP contribution is 2.21. The maximum atomic E-state index is 11.5. The molecule has 1 aliphatic heterocycles. The molecule has 0 aromatic heterocycles. The van der Waals surface area contributed by atoms with Gasteiger partial charge in [-0.25, -0.2) is 0 Å². The Morgan fingerprint density at radius 3 is 2.38 bits per heavy atom. The summed E-state index contributed by atoms with van der Waals surface area (Å²) in [5, 5.41) is 0. The quantitative estimate of drug-likeness (QED) is 0.765. The first-order chi connectivity index (χ1) is 11.8. The monoisotopic (exact) mass is 324 g/mol. The molecule has 4 heteroatoms. The average molecular weight is 324 g/mol. The highest BCUT2D eigenvalue weighted by molar-refractivity contribution is 5.56. The number of benzene rings is 2. The molecule has 0 amide bonds. The smallest absolute Gasteiger partial charge is 0.167 e. The highest BCUT2D eigenvalue weighted by Gasteiger charge is 2.28. The first-order valence-corrected chi connectivity index (χ1v) is 8.44. The van der Waals surface area contributed by atoms with E-state index in [-0.39, 0.29) is 0 Å². The molecule has 1 saturated heterocycles. The van der Waals surface area contributed by atoms with Crippen LogP contribution in [-0.2, 0) is 16.1 Å². The fraction of sp³-hybridized carbons (Fsp3) is 0.350. The molecule has 0 N–H and O–H groups in total. The fourth-order valence-corrected chi connectivity index (χ4v) is 3.21. The Bertz CT molecular complexity index is 633. The molecule has 3 rings (SSSR count). The van der Waals surface area contributed by atoms with Crippen molar-refractivity contribution in [3.05, 3.63) is 66.2 Å². The summed E-state index contributed by atoms with van der Waals surface area (Å²) in [6.07, 6.45) is 0.430. The molecule has 1 heterocycles. The zero-order valence-electron chi connectivity index (χ0n) is 14.0. The molecule has 2 atom stereocenters. The molecule has 1 aliphatic rings. The van der Waals surface area contributed by atoms with Gasteiger partial charge in [-0.15, -0.1) is 0 Å². The number of piperazine rings is 1. The summed E-state index contributed by atoms with van der Waals surface area (Å²) < 4.78 is 5.85. The van der Waals surface area contributed by atoms with Gasteiger partial charge in [0.1, 0.15) is 0 Å². The third kappa shape index (κ3) is 4.02. The molecule has 2 aromatic rings. The van der Waals surface area contributed by atoms with Gasteiger partial charge in [0, 0.05) is 31.4 Å². The molecule has 0 spiro atoms. The van der Waals surface area contributed by atoms with E-state index in [4.69, 9.17) is 4.74 Å². The van der Waals surface area contributed by atoms with Crippen LogP contribution in [0.2, 0.25) is 0 Å². The summed E-state index contributed by atoms with van der Waals surface area (Å²) in [5.41, 5.74) is 2.32. The fourth-order valence-electron chi connectivity index (χ4n) is 3.21. The van der Waals surface area contributed by atoms with Gasteiger partial charge in [-0.1, -0.05) is 48.5 Å². The number of hydrogen-bond donors (Lipinski definition) is 0. The number of nitrogens with zero attached hydrogens (tertiary/aromatic N) is 2. The molecule has 0 aliphatic carbocycles. The zero-order chi connectivity index (χ0) is 16.8. The van der Waals surface area contributed by atoms with E-state index in [1.54, 1.807) is 0 Å². The Morgan fingerprint density at radius 1 is 1.08 bits per heavy atom. The summed E-state index contributed by atoms with van der Waals surface area (Å²) in [4.78, 5) is 16.0. The van der Waals surface area contributed by atoms with Crippen molar-refractivity contribution < 1.29 is 9.53 Å². The van der Waals surface area contributed by atoms with Crippen LogP contribution in [0.5, 0.6) is 0 Å². The van der Waals surface area contributed by atoms with Gasteiger partial charge in [-0.05, 0) is 24.6 Å². The van der Waals surface area contributed by atoms with E-state index >= 15 is 0 Å². The van der Waals surface area contributed by atoms with Crippen molar-refractivity contribution in [3.63, 3.8) is 0 Å². The highest BCUT2D eigenvalue weighted by atomic mass is 16.5. The van der Waals surface area contributed by atoms with E-state index in [0.29, 0.717) is 12.6 Å². The summed E-state index contributed by atoms with van der Waals surface area (Å²) in [6.45, 7) is 5.17. The maximum Gasteiger partial charge on any atom is 0.167 e. The number of anilines is 1. The standard InChI is InChI=1S/C20H24N2O2/c1-17-14-21(12-13-22(17)19-10-6-3-7-11-19)20(15-23)24-16-18-8-4-2-5-9-18/h2-11,15,17,20H,12-14,16H2,1H3. The van der Waals surface area contributed by atoms with Crippen LogP contribution in [0.15, 0.2) is 60.7 Å². The van der Waals surface area contributed by atoms with E-state index in [9.17, 15) is 4.79 Å². The van der Waals surface area contributed by atoms with Gasteiger partial charge < -0.3 is 9.64 Å². The van der Waals surface area contributed by atoms with Crippen LogP contribution in [0.25, 0.3) is 0 Å². The molecule has 0 saturated carbocycles. The van der Waals surface area contributed by atoms with Gasteiger partial charge in [-0.3, -0.25) is 9.69 Å². The second-order valence-corrected chi connectivity index (χ2v) is 6.20. The van der Waals surface area contributed by atoms with Crippen molar-refractivity contribution in [2.45, 2.75) is 25.8 Å². The van der Waals surface area contributed by atoms with Crippen molar-refractivity contribution in [2.75, 3.05) is 24.5 Å². The van der Waals surface area contributed by atoms with Gasteiger partial charge >= 0.3 is 0 Å². The third-order valence-electron chi connectivity index (χ3n) is 4.49. The zero-order valence-corrected chi connectivity index (χ0v) is 14.0. The summed E-state index contributed by atoms with van der Waals surface area (Å²) in [6, 6.07) is 20.7. The van der Waals surface area contributed by atoms with Crippen molar-refractivity contribution in [2.24, 2.45) is 0 Å². The Hall–Kier alpha value is -2.17. The van der Waals surface area contributed by atoms with Gasteiger partial charge in [0.25, 0.3) is 0 Å².